The Balaban J connectivity index is 1.47. The summed E-state index contributed by atoms with van der Waals surface area (Å²) in [6.07, 6.45) is 6.46. The predicted molar refractivity (Wildman–Crippen MR) is 127 cm³/mol. The Morgan fingerprint density at radius 3 is 2.81 bits per heavy atom. The molecule has 0 spiro atoms. The molecule has 31 heavy (non-hydrogen) atoms. The topological polar surface area (TPSA) is 17.4 Å². The number of aromatic nitrogens is 1. The van der Waals surface area contributed by atoms with Gasteiger partial charge in [0.15, 0.2) is 0 Å². The molecule has 2 aromatic carbocycles. The minimum absolute atomic E-state index is 0.207. The van der Waals surface area contributed by atoms with Crippen molar-refractivity contribution in [3.63, 3.8) is 0 Å². The van der Waals surface area contributed by atoms with Crippen molar-refractivity contribution in [3.05, 3.63) is 64.8 Å². The average Bonchev–Trinajstić information content (AvgIpc) is 3.57. The highest BCUT2D eigenvalue weighted by atomic mass is 16.5. The monoisotopic (exact) mass is 414 g/mol. The molecule has 6 rings (SSSR count). The molecule has 2 heterocycles. The molecule has 0 bridgehead atoms. The smallest absolute Gasteiger partial charge is 0.119 e. The van der Waals surface area contributed by atoms with Gasteiger partial charge in [0.05, 0.1) is 7.11 Å². The van der Waals surface area contributed by atoms with Crippen LogP contribution in [0.2, 0.25) is 0 Å². The fraction of sp³-hybridized carbons (Fsp3) is 0.500. The van der Waals surface area contributed by atoms with Crippen molar-refractivity contribution in [2.24, 2.45) is 18.9 Å². The van der Waals surface area contributed by atoms with Crippen LogP contribution in [-0.2, 0) is 25.3 Å². The van der Waals surface area contributed by atoms with E-state index < -0.39 is 0 Å². The van der Waals surface area contributed by atoms with Gasteiger partial charge < -0.3 is 14.2 Å². The van der Waals surface area contributed by atoms with Gasteiger partial charge in [0.2, 0.25) is 0 Å². The highest BCUT2D eigenvalue weighted by Crippen LogP contribution is 2.50. The van der Waals surface area contributed by atoms with Gasteiger partial charge in [-0.25, -0.2) is 0 Å². The third-order valence-electron chi connectivity index (χ3n) is 8.52. The van der Waals surface area contributed by atoms with Crippen LogP contribution in [0.25, 0.3) is 10.9 Å². The second-order valence-corrected chi connectivity index (χ2v) is 10.4. The van der Waals surface area contributed by atoms with Gasteiger partial charge in [-0.15, -0.1) is 0 Å². The average molecular weight is 415 g/mol. The number of methoxy groups -OCH3 is 1. The zero-order valence-corrected chi connectivity index (χ0v) is 19.2. The SMILES string of the molecule is COc1cccc(C23CCN(CC4CC4)CC2Cc2c(n(C)c4ccc(C)cc24)C3)c1. The molecule has 1 aromatic heterocycles. The molecule has 0 N–H and O–H groups in total. The minimum atomic E-state index is 0.207. The summed E-state index contributed by atoms with van der Waals surface area (Å²) in [5.74, 6) is 2.61. The Hall–Kier alpha value is -2.26. The van der Waals surface area contributed by atoms with E-state index in [2.05, 4.69) is 65.9 Å². The van der Waals surface area contributed by atoms with Gasteiger partial charge in [0, 0.05) is 42.1 Å². The van der Waals surface area contributed by atoms with E-state index in [4.69, 9.17) is 4.74 Å². The summed E-state index contributed by atoms with van der Waals surface area (Å²) in [5, 5.41) is 1.48. The van der Waals surface area contributed by atoms with Crippen molar-refractivity contribution in [1.29, 1.82) is 0 Å². The van der Waals surface area contributed by atoms with Crippen LogP contribution in [0.5, 0.6) is 5.75 Å². The van der Waals surface area contributed by atoms with Crippen LogP contribution in [0.15, 0.2) is 42.5 Å². The minimum Gasteiger partial charge on any atom is -0.497 e. The maximum atomic E-state index is 5.64. The van der Waals surface area contributed by atoms with Crippen LogP contribution in [0.3, 0.4) is 0 Å². The molecule has 1 saturated heterocycles. The predicted octanol–water partition coefficient (Wildman–Crippen LogP) is 5.26. The number of likely N-dealkylation sites (tertiary alicyclic amines) is 1. The van der Waals surface area contributed by atoms with Crippen molar-refractivity contribution >= 4 is 10.9 Å². The molecule has 3 heteroatoms. The quantitative estimate of drug-likeness (QED) is 0.579. The molecule has 1 aliphatic heterocycles. The van der Waals surface area contributed by atoms with Crippen molar-refractivity contribution in [2.75, 3.05) is 26.7 Å². The summed E-state index contributed by atoms with van der Waals surface area (Å²) < 4.78 is 8.13. The lowest BCUT2D eigenvalue weighted by molar-refractivity contribution is 0.0775. The fourth-order valence-electron chi connectivity index (χ4n) is 6.56. The number of nitrogens with zero attached hydrogens (tertiary/aromatic N) is 2. The maximum Gasteiger partial charge on any atom is 0.119 e. The van der Waals surface area contributed by atoms with E-state index in [1.54, 1.807) is 18.4 Å². The van der Waals surface area contributed by atoms with E-state index in [0.717, 1.165) is 18.1 Å². The Labute approximate surface area is 186 Å². The zero-order valence-electron chi connectivity index (χ0n) is 19.2. The standard InChI is InChI=1S/C28H34N2O/c1-19-7-10-26-24(13-19)25-15-22-18-30(17-20-8-9-20)12-11-28(22,16-27(25)29(26)2)21-5-4-6-23(14-21)31-3/h4-7,10,13-14,20,22H,8-9,11-12,15-18H2,1-3H3. The van der Waals surface area contributed by atoms with Crippen LogP contribution in [0.4, 0.5) is 0 Å². The normalized spacial score (nSPS) is 26.0. The molecule has 1 saturated carbocycles. The number of aryl methyl sites for hydroxylation is 2. The Kier molecular flexibility index (Phi) is 4.47. The summed E-state index contributed by atoms with van der Waals surface area (Å²) >= 11 is 0. The number of benzene rings is 2. The van der Waals surface area contributed by atoms with E-state index in [-0.39, 0.29) is 5.41 Å². The Morgan fingerprint density at radius 1 is 1.13 bits per heavy atom. The summed E-state index contributed by atoms with van der Waals surface area (Å²) in [6, 6.07) is 16.0. The van der Waals surface area contributed by atoms with Gasteiger partial charge >= 0.3 is 0 Å². The van der Waals surface area contributed by atoms with Gasteiger partial charge in [0.1, 0.15) is 5.75 Å². The highest BCUT2D eigenvalue weighted by Gasteiger charge is 2.49. The molecule has 162 valence electrons. The summed E-state index contributed by atoms with van der Waals surface area (Å²) in [6.45, 7) is 5.99. The molecule has 3 nitrogen and oxygen atoms in total. The van der Waals surface area contributed by atoms with E-state index in [1.807, 2.05) is 0 Å². The molecule has 2 atom stereocenters. The summed E-state index contributed by atoms with van der Waals surface area (Å²) in [7, 11) is 4.07. The van der Waals surface area contributed by atoms with Gasteiger partial charge in [-0.3, -0.25) is 0 Å². The molecule has 3 aromatic rings. The van der Waals surface area contributed by atoms with E-state index >= 15 is 0 Å². The van der Waals surface area contributed by atoms with Crippen molar-refractivity contribution in [2.45, 2.75) is 44.4 Å². The number of ether oxygens (including phenoxy) is 1. The lowest BCUT2D eigenvalue weighted by Crippen LogP contribution is -2.54. The molecule has 0 radical (unpaired) electrons. The van der Waals surface area contributed by atoms with E-state index in [0.29, 0.717) is 5.92 Å². The summed E-state index contributed by atoms with van der Waals surface area (Å²) in [4.78, 5) is 2.78. The van der Waals surface area contributed by atoms with E-state index in [9.17, 15) is 0 Å². The lowest BCUT2D eigenvalue weighted by atomic mass is 9.58. The fourth-order valence-corrected chi connectivity index (χ4v) is 6.56. The molecule has 2 unspecified atom stereocenters. The van der Waals surface area contributed by atoms with Crippen LogP contribution in [0, 0.1) is 18.8 Å². The first-order valence-corrected chi connectivity index (χ1v) is 12.0. The van der Waals surface area contributed by atoms with Crippen molar-refractivity contribution in [1.82, 2.24) is 9.47 Å². The van der Waals surface area contributed by atoms with Crippen LogP contribution in [0.1, 0.15) is 41.6 Å². The first-order chi connectivity index (χ1) is 15.1. The second kappa shape index (κ2) is 7.13. The van der Waals surface area contributed by atoms with Crippen LogP contribution < -0.4 is 4.74 Å². The van der Waals surface area contributed by atoms with Gasteiger partial charge in [-0.05, 0) is 92.8 Å². The molecular formula is C28H34N2O. The summed E-state index contributed by atoms with van der Waals surface area (Å²) in [5.41, 5.74) is 7.61. The number of piperidine rings is 1. The molecule has 2 fully saturated rings. The Bertz CT molecular complexity index is 1140. The number of hydrogen-bond acceptors (Lipinski definition) is 2. The third-order valence-corrected chi connectivity index (χ3v) is 8.52. The number of hydrogen-bond donors (Lipinski definition) is 0. The van der Waals surface area contributed by atoms with Crippen LogP contribution >= 0.6 is 0 Å². The van der Waals surface area contributed by atoms with Gasteiger partial charge in [-0.2, -0.15) is 0 Å². The van der Waals surface area contributed by atoms with Crippen molar-refractivity contribution in [3.8, 4) is 5.75 Å². The molecule has 0 amide bonds. The maximum absolute atomic E-state index is 5.64. The third kappa shape index (κ3) is 3.12. The first-order valence-electron chi connectivity index (χ1n) is 12.0. The number of fused-ring (bicyclic) bond motifs is 4. The van der Waals surface area contributed by atoms with Crippen molar-refractivity contribution < 1.29 is 4.74 Å². The largest absolute Gasteiger partial charge is 0.497 e. The zero-order chi connectivity index (χ0) is 21.2. The van der Waals surface area contributed by atoms with Gasteiger partial charge in [-0.1, -0.05) is 23.8 Å². The highest BCUT2D eigenvalue weighted by molar-refractivity contribution is 5.86. The van der Waals surface area contributed by atoms with E-state index in [1.165, 1.54) is 67.3 Å². The van der Waals surface area contributed by atoms with Gasteiger partial charge in [0.25, 0.3) is 0 Å². The lowest BCUT2D eigenvalue weighted by Gasteiger charge is -2.51. The number of rotatable bonds is 4. The molecule has 2 aliphatic carbocycles. The second-order valence-electron chi connectivity index (χ2n) is 10.4. The molecular weight excluding hydrogens is 380 g/mol. The first kappa shape index (κ1) is 19.4. The van der Waals surface area contributed by atoms with Crippen LogP contribution in [-0.4, -0.2) is 36.2 Å². The molecule has 3 aliphatic rings. The Morgan fingerprint density at radius 2 is 2.00 bits per heavy atom.